The van der Waals surface area contributed by atoms with Gasteiger partial charge in [0.2, 0.25) is 0 Å². The summed E-state index contributed by atoms with van der Waals surface area (Å²) in [5.74, 6) is -0.176. The lowest BCUT2D eigenvalue weighted by atomic mass is 10.1. The van der Waals surface area contributed by atoms with Crippen LogP contribution in [-0.4, -0.2) is 10.9 Å². The third kappa shape index (κ3) is 2.43. The van der Waals surface area contributed by atoms with Crippen LogP contribution in [0.25, 0.3) is 10.8 Å². The van der Waals surface area contributed by atoms with Crippen LogP contribution in [-0.2, 0) is 0 Å². The lowest BCUT2D eigenvalue weighted by Gasteiger charge is -2.23. The summed E-state index contributed by atoms with van der Waals surface area (Å²) in [6.45, 7) is 0. The minimum atomic E-state index is -5.16. The van der Waals surface area contributed by atoms with Crippen LogP contribution in [0.15, 0.2) is 42.5 Å². The third-order valence-corrected chi connectivity index (χ3v) is 2.93. The number of hydrogen-bond acceptors (Lipinski definition) is 1. The highest BCUT2D eigenvalue weighted by Crippen LogP contribution is 2.42. The molecule has 0 aliphatic heterocycles. The van der Waals surface area contributed by atoms with Gasteiger partial charge >= 0.3 is 10.9 Å². The standard InChI is InChI=1S/C12H7BrF4O/c13-11(14,12(15,16)17)18-10-7-3-5-8-4-1-2-6-9(8)10/h1-7H. The van der Waals surface area contributed by atoms with Crippen molar-refractivity contribution in [1.82, 2.24) is 0 Å². The summed E-state index contributed by atoms with van der Waals surface area (Å²) in [7, 11) is 0. The van der Waals surface area contributed by atoms with Gasteiger partial charge in [0.25, 0.3) is 0 Å². The van der Waals surface area contributed by atoms with Crippen LogP contribution < -0.4 is 4.74 Å². The van der Waals surface area contributed by atoms with E-state index in [0.29, 0.717) is 10.8 Å². The van der Waals surface area contributed by atoms with Gasteiger partial charge in [-0.3, -0.25) is 0 Å². The molecule has 0 amide bonds. The maximum Gasteiger partial charge on any atom is 0.472 e. The van der Waals surface area contributed by atoms with E-state index in [1.54, 1.807) is 30.3 Å². The first-order valence-corrected chi connectivity index (χ1v) is 5.72. The van der Waals surface area contributed by atoms with Crippen LogP contribution in [0.2, 0.25) is 0 Å². The normalized spacial score (nSPS) is 15.4. The van der Waals surface area contributed by atoms with Crippen molar-refractivity contribution < 1.29 is 22.3 Å². The molecule has 18 heavy (non-hydrogen) atoms. The molecule has 1 unspecified atom stereocenters. The van der Waals surface area contributed by atoms with Crippen LogP contribution >= 0.6 is 15.9 Å². The maximum atomic E-state index is 13.4. The van der Waals surface area contributed by atoms with Crippen molar-refractivity contribution in [3.05, 3.63) is 42.5 Å². The molecular formula is C12H7BrF4O. The SMILES string of the molecule is FC(F)(F)C(F)(Br)Oc1cccc2ccccc12. The zero-order valence-corrected chi connectivity index (χ0v) is 10.4. The summed E-state index contributed by atoms with van der Waals surface area (Å²) in [6, 6.07) is 11.1. The molecule has 0 heterocycles. The zero-order valence-electron chi connectivity index (χ0n) is 8.84. The zero-order chi connectivity index (χ0) is 13.4. The topological polar surface area (TPSA) is 9.23 Å². The first kappa shape index (κ1) is 13.1. The molecule has 2 aromatic rings. The van der Waals surface area contributed by atoms with Crippen molar-refractivity contribution in [2.24, 2.45) is 0 Å². The fourth-order valence-corrected chi connectivity index (χ4v) is 1.66. The van der Waals surface area contributed by atoms with Gasteiger partial charge in [0.05, 0.1) is 0 Å². The molecule has 0 bridgehead atoms. The van der Waals surface area contributed by atoms with Crippen molar-refractivity contribution in [2.75, 3.05) is 0 Å². The monoisotopic (exact) mass is 322 g/mol. The van der Waals surface area contributed by atoms with Gasteiger partial charge in [0.15, 0.2) is 0 Å². The molecule has 0 aliphatic rings. The summed E-state index contributed by atoms with van der Waals surface area (Å²) in [5.41, 5.74) is 0. The highest BCUT2D eigenvalue weighted by molar-refractivity contribution is 9.10. The molecule has 0 saturated carbocycles. The van der Waals surface area contributed by atoms with Crippen LogP contribution in [0.5, 0.6) is 5.75 Å². The van der Waals surface area contributed by atoms with E-state index in [1.165, 1.54) is 12.1 Å². The van der Waals surface area contributed by atoms with Crippen molar-refractivity contribution in [1.29, 1.82) is 0 Å². The molecule has 0 aromatic heterocycles. The van der Waals surface area contributed by atoms with Crippen LogP contribution in [0.1, 0.15) is 0 Å². The first-order valence-electron chi connectivity index (χ1n) is 4.92. The van der Waals surface area contributed by atoms with Gasteiger partial charge in [0, 0.05) is 21.3 Å². The fraction of sp³-hybridized carbons (Fsp3) is 0.167. The maximum absolute atomic E-state index is 13.4. The molecule has 1 nitrogen and oxygen atoms in total. The highest BCUT2D eigenvalue weighted by Gasteiger charge is 2.57. The molecule has 1 atom stereocenters. The quantitative estimate of drug-likeness (QED) is 0.570. The van der Waals surface area contributed by atoms with E-state index < -0.39 is 10.9 Å². The van der Waals surface area contributed by atoms with E-state index in [4.69, 9.17) is 0 Å². The number of hydrogen-bond donors (Lipinski definition) is 0. The average molecular weight is 323 g/mol. The van der Waals surface area contributed by atoms with E-state index in [-0.39, 0.29) is 5.75 Å². The first-order chi connectivity index (χ1) is 8.31. The largest absolute Gasteiger partial charge is 0.472 e. The minimum absolute atomic E-state index is 0.176. The molecule has 0 N–H and O–H groups in total. The predicted octanol–water partition coefficient (Wildman–Crippen LogP) is 4.80. The van der Waals surface area contributed by atoms with Gasteiger partial charge in [-0.1, -0.05) is 36.4 Å². The van der Waals surface area contributed by atoms with Gasteiger partial charge in [0.1, 0.15) is 5.75 Å². The molecule has 2 rings (SSSR count). The van der Waals surface area contributed by atoms with Gasteiger partial charge < -0.3 is 4.74 Å². The van der Waals surface area contributed by atoms with Crippen LogP contribution in [0.4, 0.5) is 17.6 Å². The number of fused-ring (bicyclic) bond motifs is 1. The Hall–Kier alpha value is -1.30. The summed E-state index contributed by atoms with van der Waals surface area (Å²) < 4.78 is 51.0. The minimum Gasteiger partial charge on any atom is -0.441 e. The average Bonchev–Trinajstić information content (AvgIpc) is 2.27. The second-order valence-electron chi connectivity index (χ2n) is 3.59. The van der Waals surface area contributed by atoms with Gasteiger partial charge in [-0.15, -0.1) is 0 Å². The Bertz CT molecular complexity index is 560. The van der Waals surface area contributed by atoms with Gasteiger partial charge in [-0.2, -0.15) is 17.6 Å². The van der Waals surface area contributed by atoms with Crippen LogP contribution in [0.3, 0.4) is 0 Å². The molecule has 2 aromatic carbocycles. The Kier molecular flexibility index (Phi) is 3.23. The summed E-state index contributed by atoms with van der Waals surface area (Å²) in [5, 5.41) is 1.08. The molecular weight excluding hydrogens is 316 g/mol. The second kappa shape index (κ2) is 4.42. The highest BCUT2D eigenvalue weighted by atomic mass is 79.9. The lowest BCUT2D eigenvalue weighted by Crippen LogP contribution is -2.40. The van der Waals surface area contributed by atoms with Crippen molar-refractivity contribution >= 4 is 26.7 Å². The lowest BCUT2D eigenvalue weighted by molar-refractivity contribution is -0.251. The number of alkyl halides is 5. The Morgan fingerprint density at radius 3 is 2.17 bits per heavy atom. The Morgan fingerprint density at radius 1 is 0.889 bits per heavy atom. The molecule has 0 fully saturated rings. The summed E-state index contributed by atoms with van der Waals surface area (Å²) in [6.07, 6.45) is -5.16. The van der Waals surface area contributed by atoms with Crippen molar-refractivity contribution in [3.8, 4) is 5.75 Å². The van der Waals surface area contributed by atoms with Crippen molar-refractivity contribution in [3.63, 3.8) is 0 Å². The van der Waals surface area contributed by atoms with E-state index in [9.17, 15) is 17.6 Å². The molecule has 6 heteroatoms. The Morgan fingerprint density at radius 2 is 1.50 bits per heavy atom. The number of halogens is 5. The van der Waals surface area contributed by atoms with Crippen molar-refractivity contribution in [2.45, 2.75) is 10.9 Å². The fourth-order valence-electron chi connectivity index (χ4n) is 1.48. The van der Waals surface area contributed by atoms with Crippen LogP contribution in [0, 0.1) is 0 Å². The predicted molar refractivity (Wildman–Crippen MR) is 63.4 cm³/mol. The van der Waals surface area contributed by atoms with Gasteiger partial charge in [-0.25, -0.2) is 0 Å². The smallest absolute Gasteiger partial charge is 0.441 e. The van der Waals surface area contributed by atoms with E-state index >= 15 is 0 Å². The van der Waals surface area contributed by atoms with E-state index in [0.717, 1.165) is 0 Å². The third-order valence-electron chi connectivity index (χ3n) is 2.32. The Labute approximate surface area is 108 Å². The molecule has 0 saturated heterocycles. The van der Waals surface area contributed by atoms with E-state index in [1.807, 2.05) is 15.9 Å². The molecule has 0 spiro atoms. The molecule has 0 aliphatic carbocycles. The second-order valence-corrected chi connectivity index (χ2v) is 4.61. The summed E-state index contributed by atoms with van der Waals surface area (Å²) >= 11 is 1.91. The number of benzene rings is 2. The molecule has 0 radical (unpaired) electrons. The number of rotatable bonds is 2. The molecule has 96 valence electrons. The summed E-state index contributed by atoms with van der Waals surface area (Å²) in [4.78, 5) is 0. The number of ether oxygens (including phenoxy) is 1. The van der Waals surface area contributed by atoms with Gasteiger partial charge in [-0.05, 0) is 11.5 Å². The van der Waals surface area contributed by atoms with E-state index in [2.05, 4.69) is 4.74 Å². The Balaban J connectivity index is 2.44.